The first kappa shape index (κ1) is 23.4. The van der Waals surface area contributed by atoms with Crippen molar-refractivity contribution in [2.24, 2.45) is 0 Å². The summed E-state index contributed by atoms with van der Waals surface area (Å²) in [4.78, 5) is 2.29. The van der Waals surface area contributed by atoms with E-state index in [1.807, 2.05) is 48.6 Å². The standard InChI is InChI=1S/C26H33NO4/c1-4-16-27-17-24(29-18-21-12-8-6-9-13-21)26(25(27)23(5-2)31-20-28-3)30-19-22-14-10-7-11-15-22/h4-15,23-26H,1-2,16-20H2,3H3/t23-,24-,25-,26-/m1/s1. The monoisotopic (exact) mass is 423 g/mol. The minimum atomic E-state index is -0.258. The number of hydrogen-bond acceptors (Lipinski definition) is 5. The molecule has 0 amide bonds. The molecule has 0 bridgehead atoms. The van der Waals surface area contributed by atoms with Gasteiger partial charge >= 0.3 is 0 Å². The van der Waals surface area contributed by atoms with Crippen molar-refractivity contribution in [1.82, 2.24) is 4.90 Å². The van der Waals surface area contributed by atoms with Crippen LogP contribution >= 0.6 is 0 Å². The van der Waals surface area contributed by atoms with Crippen LogP contribution in [0, 0.1) is 0 Å². The zero-order valence-electron chi connectivity index (χ0n) is 18.3. The van der Waals surface area contributed by atoms with Crippen LogP contribution in [0.2, 0.25) is 0 Å². The molecule has 0 spiro atoms. The Hall–Kier alpha value is -2.28. The Morgan fingerprint density at radius 3 is 2.13 bits per heavy atom. The number of ether oxygens (including phenoxy) is 4. The van der Waals surface area contributed by atoms with Gasteiger partial charge in [0, 0.05) is 20.2 Å². The van der Waals surface area contributed by atoms with Gasteiger partial charge in [0.1, 0.15) is 12.9 Å². The van der Waals surface area contributed by atoms with Crippen molar-refractivity contribution in [2.45, 2.75) is 37.6 Å². The quantitative estimate of drug-likeness (QED) is 0.357. The third-order valence-corrected chi connectivity index (χ3v) is 5.44. The Morgan fingerprint density at radius 1 is 0.968 bits per heavy atom. The summed E-state index contributed by atoms with van der Waals surface area (Å²) < 4.78 is 23.9. The molecule has 5 nitrogen and oxygen atoms in total. The second-order valence-corrected chi connectivity index (χ2v) is 7.60. The van der Waals surface area contributed by atoms with Crippen molar-refractivity contribution in [1.29, 1.82) is 0 Å². The van der Waals surface area contributed by atoms with Gasteiger partial charge in [-0.1, -0.05) is 72.8 Å². The molecule has 1 heterocycles. The van der Waals surface area contributed by atoms with Crippen molar-refractivity contribution in [3.8, 4) is 0 Å². The molecule has 1 aliphatic heterocycles. The number of rotatable bonds is 13. The Morgan fingerprint density at radius 2 is 1.58 bits per heavy atom. The Labute approximate surface area is 185 Å². The van der Waals surface area contributed by atoms with Crippen LogP contribution in [0.25, 0.3) is 0 Å². The van der Waals surface area contributed by atoms with Gasteiger partial charge in [0.2, 0.25) is 0 Å². The number of likely N-dealkylation sites (tertiary alicyclic amines) is 1. The van der Waals surface area contributed by atoms with Crippen LogP contribution in [0.5, 0.6) is 0 Å². The fourth-order valence-electron chi connectivity index (χ4n) is 3.99. The number of hydrogen-bond donors (Lipinski definition) is 0. The topological polar surface area (TPSA) is 40.2 Å². The second kappa shape index (κ2) is 12.5. The van der Waals surface area contributed by atoms with Crippen molar-refractivity contribution in [3.63, 3.8) is 0 Å². The van der Waals surface area contributed by atoms with Crippen LogP contribution in [0.1, 0.15) is 11.1 Å². The molecule has 0 aromatic heterocycles. The van der Waals surface area contributed by atoms with Crippen LogP contribution in [0.4, 0.5) is 0 Å². The molecule has 5 heteroatoms. The van der Waals surface area contributed by atoms with Crippen molar-refractivity contribution < 1.29 is 18.9 Å². The van der Waals surface area contributed by atoms with Crippen molar-refractivity contribution >= 4 is 0 Å². The Kier molecular flexibility index (Phi) is 9.46. The lowest BCUT2D eigenvalue weighted by Gasteiger charge is -2.32. The lowest BCUT2D eigenvalue weighted by Crippen LogP contribution is -2.47. The fourth-order valence-corrected chi connectivity index (χ4v) is 3.99. The van der Waals surface area contributed by atoms with E-state index in [1.54, 1.807) is 7.11 Å². The lowest BCUT2D eigenvalue weighted by molar-refractivity contribution is -0.115. The highest BCUT2D eigenvalue weighted by atomic mass is 16.7. The van der Waals surface area contributed by atoms with Gasteiger partial charge in [-0.15, -0.1) is 13.2 Å². The maximum atomic E-state index is 6.47. The molecule has 2 aromatic rings. The average Bonchev–Trinajstić information content (AvgIpc) is 3.15. The average molecular weight is 424 g/mol. The summed E-state index contributed by atoms with van der Waals surface area (Å²) in [6.45, 7) is 10.6. The highest BCUT2D eigenvalue weighted by Gasteiger charge is 2.46. The molecule has 0 aliphatic carbocycles. The molecule has 2 aromatic carbocycles. The molecule has 0 saturated carbocycles. The SMILES string of the molecule is C=CCN1C[C@@H](OCc2ccccc2)[C@@H](OCc2ccccc2)[C@H]1[C@@H](C=C)OCOC. The van der Waals surface area contributed by atoms with E-state index in [1.165, 1.54) is 0 Å². The van der Waals surface area contributed by atoms with Gasteiger partial charge in [0.15, 0.2) is 0 Å². The molecule has 0 unspecified atom stereocenters. The molecular weight excluding hydrogens is 390 g/mol. The summed E-state index contributed by atoms with van der Waals surface area (Å²) in [5, 5.41) is 0. The molecule has 0 radical (unpaired) electrons. The molecular formula is C26H33NO4. The van der Waals surface area contributed by atoms with Crippen LogP contribution < -0.4 is 0 Å². The predicted molar refractivity (Wildman–Crippen MR) is 123 cm³/mol. The summed E-state index contributed by atoms with van der Waals surface area (Å²) in [6.07, 6.45) is 3.16. The van der Waals surface area contributed by atoms with E-state index in [2.05, 4.69) is 42.3 Å². The van der Waals surface area contributed by atoms with E-state index in [-0.39, 0.29) is 31.1 Å². The molecule has 166 valence electrons. The zero-order valence-corrected chi connectivity index (χ0v) is 18.3. The first-order chi connectivity index (χ1) is 15.3. The summed E-state index contributed by atoms with van der Waals surface area (Å²) in [5.41, 5.74) is 2.26. The fraction of sp³-hybridized carbons (Fsp3) is 0.385. The highest BCUT2D eigenvalue weighted by Crippen LogP contribution is 2.30. The molecule has 1 saturated heterocycles. The summed E-state index contributed by atoms with van der Waals surface area (Å²) >= 11 is 0. The molecule has 4 atom stereocenters. The maximum Gasteiger partial charge on any atom is 0.147 e. The van der Waals surface area contributed by atoms with Crippen LogP contribution in [-0.4, -0.2) is 56.2 Å². The smallest absolute Gasteiger partial charge is 0.147 e. The van der Waals surface area contributed by atoms with Gasteiger partial charge in [-0.25, -0.2) is 0 Å². The Bertz CT molecular complexity index is 783. The van der Waals surface area contributed by atoms with E-state index < -0.39 is 0 Å². The minimum Gasteiger partial charge on any atom is -0.369 e. The first-order valence-electron chi connectivity index (χ1n) is 10.7. The number of nitrogens with zero attached hydrogens (tertiary/aromatic N) is 1. The highest BCUT2D eigenvalue weighted by molar-refractivity contribution is 5.15. The van der Waals surface area contributed by atoms with Gasteiger partial charge in [0.05, 0.1) is 31.5 Å². The van der Waals surface area contributed by atoms with Gasteiger partial charge < -0.3 is 18.9 Å². The first-order valence-corrected chi connectivity index (χ1v) is 10.7. The molecule has 1 fully saturated rings. The summed E-state index contributed by atoms with van der Waals surface area (Å²) in [5.74, 6) is 0. The van der Waals surface area contributed by atoms with Gasteiger partial charge in [-0.3, -0.25) is 4.90 Å². The van der Waals surface area contributed by atoms with Gasteiger partial charge in [-0.05, 0) is 11.1 Å². The van der Waals surface area contributed by atoms with Gasteiger partial charge in [-0.2, -0.15) is 0 Å². The molecule has 0 N–H and O–H groups in total. The largest absolute Gasteiger partial charge is 0.369 e. The second-order valence-electron chi connectivity index (χ2n) is 7.60. The third kappa shape index (κ3) is 6.60. The minimum absolute atomic E-state index is 0.0601. The van der Waals surface area contributed by atoms with Crippen molar-refractivity contribution in [3.05, 3.63) is 97.1 Å². The number of methoxy groups -OCH3 is 1. The zero-order chi connectivity index (χ0) is 21.9. The van der Waals surface area contributed by atoms with E-state index in [4.69, 9.17) is 18.9 Å². The third-order valence-electron chi connectivity index (χ3n) is 5.44. The van der Waals surface area contributed by atoms with E-state index >= 15 is 0 Å². The predicted octanol–water partition coefficient (Wildman–Crippen LogP) is 4.20. The van der Waals surface area contributed by atoms with Crippen molar-refractivity contribution in [2.75, 3.05) is 27.0 Å². The summed E-state index contributed by atoms with van der Waals surface area (Å²) in [6, 6.07) is 20.3. The lowest BCUT2D eigenvalue weighted by atomic mass is 10.0. The molecule has 31 heavy (non-hydrogen) atoms. The Balaban J connectivity index is 1.79. The molecule has 3 rings (SSSR count). The van der Waals surface area contributed by atoms with Crippen LogP contribution in [0.15, 0.2) is 86.0 Å². The maximum absolute atomic E-state index is 6.47. The molecule has 1 aliphatic rings. The van der Waals surface area contributed by atoms with Gasteiger partial charge in [0.25, 0.3) is 0 Å². The van der Waals surface area contributed by atoms with Crippen LogP contribution in [-0.2, 0) is 32.2 Å². The van der Waals surface area contributed by atoms with Crippen LogP contribution in [0.3, 0.4) is 0 Å². The normalized spacial score (nSPS) is 22.3. The summed E-state index contributed by atoms with van der Waals surface area (Å²) in [7, 11) is 1.62. The number of benzene rings is 2. The van der Waals surface area contributed by atoms with E-state index in [9.17, 15) is 0 Å². The van der Waals surface area contributed by atoms with E-state index in [0.717, 1.165) is 17.7 Å². The van der Waals surface area contributed by atoms with E-state index in [0.29, 0.717) is 19.8 Å².